The molecule has 0 saturated carbocycles. The molecule has 3 aromatic rings. The standard InChI is InChI=1S/C20H29N9O/c1-3-15-17-18(29(27-15)12-13-30-4-2)19(24-16-6-8-22-14-23-16)26-20(25-17)28-10-5-7-21-9-11-28/h6,8,14,21H,3-5,7,9-13H2,1-2H3,(H,22,23,24,25,26). The topological polar surface area (TPSA) is 106 Å². The number of aryl methyl sites for hydroxylation is 1. The average Bonchev–Trinajstić information content (AvgIpc) is 2.93. The Morgan fingerprint density at radius 2 is 2.13 bits per heavy atom. The Labute approximate surface area is 176 Å². The summed E-state index contributed by atoms with van der Waals surface area (Å²) in [4.78, 5) is 20.4. The molecule has 0 radical (unpaired) electrons. The molecule has 30 heavy (non-hydrogen) atoms. The molecule has 1 saturated heterocycles. The number of fused-ring (bicyclic) bond motifs is 1. The van der Waals surface area contributed by atoms with E-state index < -0.39 is 0 Å². The van der Waals surface area contributed by atoms with Crippen molar-refractivity contribution in [3.05, 3.63) is 24.3 Å². The Balaban J connectivity index is 1.80. The lowest BCUT2D eigenvalue weighted by atomic mass is 10.2. The molecule has 2 N–H and O–H groups in total. The van der Waals surface area contributed by atoms with Crippen molar-refractivity contribution in [3.8, 4) is 0 Å². The van der Waals surface area contributed by atoms with Crippen LogP contribution >= 0.6 is 0 Å². The van der Waals surface area contributed by atoms with Gasteiger partial charge in [-0.15, -0.1) is 0 Å². The van der Waals surface area contributed by atoms with Gasteiger partial charge >= 0.3 is 0 Å². The monoisotopic (exact) mass is 411 g/mol. The van der Waals surface area contributed by atoms with Crippen LogP contribution in [0.25, 0.3) is 11.0 Å². The largest absolute Gasteiger partial charge is 0.380 e. The maximum Gasteiger partial charge on any atom is 0.228 e. The molecule has 1 aliphatic heterocycles. The molecular weight excluding hydrogens is 382 g/mol. The van der Waals surface area contributed by atoms with Crippen LogP contribution in [0.4, 0.5) is 17.6 Å². The maximum atomic E-state index is 5.56. The maximum absolute atomic E-state index is 5.56. The van der Waals surface area contributed by atoms with Crippen molar-refractivity contribution >= 4 is 28.6 Å². The number of hydrogen-bond acceptors (Lipinski definition) is 9. The minimum absolute atomic E-state index is 0.586. The number of ether oxygens (including phenoxy) is 1. The van der Waals surface area contributed by atoms with Crippen molar-refractivity contribution in [3.63, 3.8) is 0 Å². The van der Waals surface area contributed by atoms with E-state index in [2.05, 4.69) is 32.4 Å². The van der Waals surface area contributed by atoms with E-state index in [0.717, 1.165) is 61.7 Å². The Hall–Kier alpha value is -2.85. The zero-order chi connectivity index (χ0) is 20.8. The van der Waals surface area contributed by atoms with Crippen molar-refractivity contribution in [1.82, 2.24) is 35.0 Å². The summed E-state index contributed by atoms with van der Waals surface area (Å²) in [6.45, 7) is 9.72. The van der Waals surface area contributed by atoms with Gasteiger partial charge in [0.1, 0.15) is 23.2 Å². The second kappa shape index (κ2) is 9.77. The van der Waals surface area contributed by atoms with E-state index in [1.165, 1.54) is 6.33 Å². The van der Waals surface area contributed by atoms with E-state index >= 15 is 0 Å². The van der Waals surface area contributed by atoms with Gasteiger partial charge in [0.05, 0.1) is 18.8 Å². The van der Waals surface area contributed by atoms with Crippen molar-refractivity contribution in [2.75, 3.05) is 49.6 Å². The quantitative estimate of drug-likeness (QED) is 0.536. The molecular formula is C20H29N9O. The van der Waals surface area contributed by atoms with Crippen LogP contribution in [0, 0.1) is 0 Å². The van der Waals surface area contributed by atoms with Gasteiger partial charge in [-0.3, -0.25) is 4.68 Å². The van der Waals surface area contributed by atoms with E-state index in [0.29, 0.717) is 31.4 Å². The van der Waals surface area contributed by atoms with Gasteiger partial charge in [-0.1, -0.05) is 6.92 Å². The van der Waals surface area contributed by atoms with Crippen LogP contribution < -0.4 is 15.5 Å². The Kier molecular flexibility index (Phi) is 6.65. The smallest absolute Gasteiger partial charge is 0.228 e. The fourth-order valence-electron chi connectivity index (χ4n) is 3.59. The highest BCUT2D eigenvalue weighted by Gasteiger charge is 2.21. The highest BCUT2D eigenvalue weighted by atomic mass is 16.5. The first kappa shape index (κ1) is 20.4. The summed E-state index contributed by atoms with van der Waals surface area (Å²) in [6.07, 6.45) is 5.08. The molecule has 160 valence electrons. The van der Waals surface area contributed by atoms with Crippen LogP contribution in [0.3, 0.4) is 0 Å². The normalized spacial score (nSPS) is 14.8. The summed E-state index contributed by atoms with van der Waals surface area (Å²) in [7, 11) is 0. The minimum atomic E-state index is 0.586. The highest BCUT2D eigenvalue weighted by Crippen LogP contribution is 2.28. The summed E-state index contributed by atoms with van der Waals surface area (Å²) in [6, 6.07) is 1.82. The molecule has 4 rings (SSSR count). The average molecular weight is 412 g/mol. The minimum Gasteiger partial charge on any atom is -0.380 e. The van der Waals surface area contributed by atoms with E-state index in [-0.39, 0.29) is 0 Å². The summed E-state index contributed by atoms with van der Waals surface area (Å²) in [5.41, 5.74) is 2.72. The van der Waals surface area contributed by atoms with Crippen molar-refractivity contribution in [2.24, 2.45) is 0 Å². The number of hydrogen-bond donors (Lipinski definition) is 2. The molecule has 0 bridgehead atoms. The van der Waals surface area contributed by atoms with Gasteiger partial charge in [-0.05, 0) is 32.4 Å². The summed E-state index contributed by atoms with van der Waals surface area (Å²) >= 11 is 0. The first-order valence-corrected chi connectivity index (χ1v) is 10.6. The van der Waals surface area contributed by atoms with Gasteiger partial charge in [0.2, 0.25) is 5.95 Å². The Bertz CT molecular complexity index is 952. The highest BCUT2D eigenvalue weighted by molar-refractivity contribution is 5.90. The SMILES string of the molecule is CCOCCn1nc(CC)c2nc(N3CCCNCC3)nc(Nc3ccncn3)c21. The number of nitrogens with zero attached hydrogens (tertiary/aromatic N) is 7. The molecule has 4 heterocycles. The molecule has 1 aliphatic rings. The molecule has 0 unspecified atom stereocenters. The lowest BCUT2D eigenvalue weighted by molar-refractivity contribution is 0.137. The second-order valence-corrected chi connectivity index (χ2v) is 7.10. The third-order valence-corrected chi connectivity index (χ3v) is 5.08. The molecule has 10 heteroatoms. The zero-order valence-corrected chi connectivity index (χ0v) is 17.6. The molecule has 0 amide bonds. The van der Waals surface area contributed by atoms with Crippen LogP contribution in [0.15, 0.2) is 18.6 Å². The molecule has 10 nitrogen and oxygen atoms in total. The van der Waals surface area contributed by atoms with Gasteiger partial charge < -0.3 is 20.3 Å². The van der Waals surface area contributed by atoms with Gasteiger partial charge in [-0.25, -0.2) is 15.0 Å². The Morgan fingerprint density at radius 1 is 1.20 bits per heavy atom. The lowest BCUT2D eigenvalue weighted by Crippen LogP contribution is -2.29. The fourth-order valence-corrected chi connectivity index (χ4v) is 3.59. The first-order valence-electron chi connectivity index (χ1n) is 10.6. The third kappa shape index (κ3) is 4.49. The van der Waals surface area contributed by atoms with Crippen LogP contribution in [0.1, 0.15) is 26.0 Å². The number of aromatic nitrogens is 6. The molecule has 0 aliphatic carbocycles. The lowest BCUT2D eigenvalue weighted by Gasteiger charge is -2.21. The molecule has 3 aromatic heterocycles. The number of anilines is 3. The zero-order valence-electron chi connectivity index (χ0n) is 17.6. The van der Waals surface area contributed by atoms with E-state index in [4.69, 9.17) is 19.8 Å². The van der Waals surface area contributed by atoms with Gasteiger partial charge in [-0.2, -0.15) is 10.1 Å². The van der Waals surface area contributed by atoms with Gasteiger partial charge in [0.15, 0.2) is 5.82 Å². The fraction of sp³-hybridized carbons (Fsp3) is 0.550. The van der Waals surface area contributed by atoms with E-state index in [9.17, 15) is 0 Å². The van der Waals surface area contributed by atoms with Crippen LogP contribution in [0.2, 0.25) is 0 Å². The predicted octanol–water partition coefficient (Wildman–Crippen LogP) is 1.76. The summed E-state index contributed by atoms with van der Waals surface area (Å²) in [5.74, 6) is 2.11. The molecule has 0 atom stereocenters. The van der Waals surface area contributed by atoms with E-state index in [1.807, 2.05) is 17.7 Å². The summed E-state index contributed by atoms with van der Waals surface area (Å²) < 4.78 is 7.51. The van der Waals surface area contributed by atoms with Crippen molar-refractivity contribution < 1.29 is 4.74 Å². The number of rotatable bonds is 8. The third-order valence-electron chi connectivity index (χ3n) is 5.08. The van der Waals surface area contributed by atoms with Gasteiger partial charge in [0, 0.05) is 32.4 Å². The van der Waals surface area contributed by atoms with Crippen molar-refractivity contribution in [2.45, 2.75) is 33.2 Å². The number of nitrogens with one attached hydrogen (secondary N) is 2. The van der Waals surface area contributed by atoms with Crippen molar-refractivity contribution in [1.29, 1.82) is 0 Å². The second-order valence-electron chi connectivity index (χ2n) is 7.10. The molecule has 0 aromatic carbocycles. The molecule has 0 spiro atoms. The first-order chi connectivity index (χ1) is 14.8. The van der Waals surface area contributed by atoms with Gasteiger partial charge in [0.25, 0.3) is 0 Å². The summed E-state index contributed by atoms with van der Waals surface area (Å²) in [5, 5.41) is 11.6. The molecule has 1 fully saturated rings. The van der Waals surface area contributed by atoms with Crippen LogP contribution in [0.5, 0.6) is 0 Å². The van der Waals surface area contributed by atoms with Crippen LogP contribution in [-0.4, -0.2) is 69.1 Å². The Morgan fingerprint density at radius 3 is 2.93 bits per heavy atom. The van der Waals surface area contributed by atoms with E-state index in [1.54, 1.807) is 6.20 Å². The predicted molar refractivity (Wildman–Crippen MR) is 116 cm³/mol. The van der Waals surface area contributed by atoms with Crippen LogP contribution in [-0.2, 0) is 17.7 Å².